The van der Waals surface area contributed by atoms with Gasteiger partial charge in [0.2, 0.25) is 5.91 Å². The van der Waals surface area contributed by atoms with E-state index in [9.17, 15) is 29.4 Å². The van der Waals surface area contributed by atoms with Crippen molar-refractivity contribution in [2.24, 2.45) is 11.1 Å². The maximum atomic E-state index is 12.6. The van der Waals surface area contributed by atoms with Crippen molar-refractivity contribution in [1.82, 2.24) is 10.2 Å². The van der Waals surface area contributed by atoms with Crippen molar-refractivity contribution < 1.29 is 39.2 Å². The van der Waals surface area contributed by atoms with Gasteiger partial charge in [0, 0.05) is 25.8 Å². The van der Waals surface area contributed by atoms with Gasteiger partial charge in [-0.15, -0.1) is 11.8 Å². The monoisotopic (exact) mass is 405 g/mol. The first-order chi connectivity index (χ1) is 12.6. The number of nitrogens with two attached hydrogens (primary N) is 1. The summed E-state index contributed by atoms with van der Waals surface area (Å²) in [5.41, 5.74) is 2.33. The van der Waals surface area contributed by atoms with Crippen LogP contribution in [0, 0.1) is 5.41 Å². The number of methoxy groups -OCH3 is 1. The molecule has 6 N–H and O–H groups in total. The highest BCUT2D eigenvalue weighted by atomic mass is 32.2. The summed E-state index contributed by atoms with van der Waals surface area (Å²) in [6, 6.07) is -1.06. The number of aliphatic carboxylic acids is 2. The van der Waals surface area contributed by atoms with Gasteiger partial charge in [-0.05, 0) is 12.8 Å². The number of carbonyl (C=O) groups excluding carboxylic acids is 2. The maximum absolute atomic E-state index is 12.6. The third kappa shape index (κ3) is 3.74. The van der Waals surface area contributed by atoms with Gasteiger partial charge in [-0.2, -0.15) is 0 Å². The smallest absolute Gasteiger partial charge is 0.320 e. The SMILES string of the molecule is COC1(NC(=O)CCCC(N)C(=O)O)C(=O)N2CC(CO)(C(=O)O)CS[C@@H]21. The third-order valence-electron chi connectivity index (χ3n) is 4.84. The molecule has 2 aliphatic heterocycles. The molecule has 0 aromatic rings. The molecule has 4 atom stereocenters. The van der Waals surface area contributed by atoms with Crippen molar-refractivity contribution >= 4 is 35.5 Å². The quantitative estimate of drug-likeness (QED) is 0.213. The van der Waals surface area contributed by atoms with E-state index in [2.05, 4.69) is 5.32 Å². The zero-order chi connectivity index (χ0) is 20.4. The standard InChI is InChI=1S/C15H23N3O8S/c1-26-15(17-9(20)4-2-3-8(16)10(21)22)11(23)18-5-14(6-19,13(24)25)7-27-12(15)18/h8,12,19H,2-7,16H2,1H3,(H,17,20)(H,21,22)(H,24,25)/t8?,12-,14?,15?/m1/s1. The van der Waals surface area contributed by atoms with E-state index >= 15 is 0 Å². The highest BCUT2D eigenvalue weighted by Gasteiger charge is 2.67. The molecule has 152 valence electrons. The Hall–Kier alpha value is -1.89. The van der Waals surface area contributed by atoms with Gasteiger partial charge in [0.1, 0.15) is 16.8 Å². The second-order valence-electron chi connectivity index (χ2n) is 6.66. The molecule has 0 spiro atoms. The molecule has 0 aromatic carbocycles. The summed E-state index contributed by atoms with van der Waals surface area (Å²) in [7, 11) is 1.27. The first kappa shape index (κ1) is 21.4. The van der Waals surface area contributed by atoms with Crippen molar-refractivity contribution in [1.29, 1.82) is 0 Å². The molecule has 11 nitrogen and oxygen atoms in total. The number of rotatable bonds is 9. The Balaban J connectivity index is 1.99. The van der Waals surface area contributed by atoms with Crippen LogP contribution in [0.3, 0.4) is 0 Å². The van der Waals surface area contributed by atoms with E-state index in [0.29, 0.717) is 0 Å². The highest BCUT2D eigenvalue weighted by molar-refractivity contribution is 8.00. The Kier molecular flexibility index (Phi) is 6.35. The van der Waals surface area contributed by atoms with Crippen LogP contribution in [0.1, 0.15) is 19.3 Å². The van der Waals surface area contributed by atoms with Gasteiger partial charge in [-0.1, -0.05) is 0 Å². The largest absolute Gasteiger partial charge is 0.481 e. The summed E-state index contributed by atoms with van der Waals surface area (Å²) < 4.78 is 5.28. The van der Waals surface area contributed by atoms with E-state index in [4.69, 9.17) is 15.6 Å². The first-order valence-electron chi connectivity index (χ1n) is 8.25. The van der Waals surface area contributed by atoms with Crippen LogP contribution in [0.15, 0.2) is 0 Å². The minimum Gasteiger partial charge on any atom is -0.481 e. The van der Waals surface area contributed by atoms with Crippen LogP contribution in [0.5, 0.6) is 0 Å². The van der Waals surface area contributed by atoms with Crippen molar-refractivity contribution in [3.63, 3.8) is 0 Å². The summed E-state index contributed by atoms with van der Waals surface area (Å²) in [5, 5.41) is 29.5. The second-order valence-corrected chi connectivity index (χ2v) is 7.73. The van der Waals surface area contributed by atoms with Gasteiger partial charge < -0.3 is 36.0 Å². The number of fused-ring (bicyclic) bond motifs is 1. The molecule has 2 heterocycles. The molecule has 2 fully saturated rings. The molecule has 0 aliphatic carbocycles. The van der Waals surface area contributed by atoms with Crippen LogP contribution in [0.4, 0.5) is 0 Å². The Labute approximate surface area is 159 Å². The van der Waals surface area contributed by atoms with Crippen LogP contribution < -0.4 is 11.1 Å². The zero-order valence-electron chi connectivity index (χ0n) is 14.7. The highest BCUT2D eigenvalue weighted by Crippen LogP contribution is 2.47. The van der Waals surface area contributed by atoms with E-state index in [1.807, 2.05) is 0 Å². The summed E-state index contributed by atoms with van der Waals surface area (Å²) in [5.74, 6) is -3.38. The number of hydrogen-bond donors (Lipinski definition) is 5. The van der Waals surface area contributed by atoms with Crippen LogP contribution in [-0.2, 0) is 23.9 Å². The molecule has 2 amide bonds. The van der Waals surface area contributed by atoms with Crippen molar-refractivity contribution in [2.45, 2.75) is 36.4 Å². The number of thioether (sulfide) groups is 1. The Morgan fingerprint density at radius 1 is 1.44 bits per heavy atom. The fraction of sp³-hybridized carbons (Fsp3) is 0.733. The Morgan fingerprint density at radius 2 is 2.11 bits per heavy atom. The normalized spacial score (nSPS) is 30.9. The van der Waals surface area contributed by atoms with Crippen LogP contribution in [0.25, 0.3) is 0 Å². The number of carbonyl (C=O) groups is 4. The summed E-state index contributed by atoms with van der Waals surface area (Å²) >= 11 is 1.11. The topological polar surface area (TPSA) is 179 Å². The fourth-order valence-corrected chi connectivity index (χ4v) is 4.70. The number of ether oxygens (including phenoxy) is 1. The molecule has 0 radical (unpaired) electrons. The van der Waals surface area contributed by atoms with E-state index < -0.39 is 52.9 Å². The van der Waals surface area contributed by atoms with E-state index in [-0.39, 0.29) is 31.6 Å². The molecule has 0 bridgehead atoms. The van der Waals surface area contributed by atoms with Gasteiger partial charge in [-0.25, -0.2) is 0 Å². The summed E-state index contributed by atoms with van der Waals surface area (Å²) in [4.78, 5) is 48.2. The number of nitrogens with zero attached hydrogens (tertiary/aromatic N) is 1. The van der Waals surface area contributed by atoms with E-state index in [0.717, 1.165) is 11.8 Å². The molecule has 2 aliphatic rings. The second kappa shape index (κ2) is 8.00. The minimum absolute atomic E-state index is 0.0353. The molecule has 2 rings (SSSR count). The molecular weight excluding hydrogens is 382 g/mol. The predicted octanol–water partition coefficient (Wildman–Crippen LogP) is -1.99. The van der Waals surface area contributed by atoms with E-state index in [1.54, 1.807) is 0 Å². The Morgan fingerprint density at radius 3 is 2.63 bits per heavy atom. The average molecular weight is 405 g/mol. The molecule has 0 saturated carbocycles. The zero-order valence-corrected chi connectivity index (χ0v) is 15.5. The summed E-state index contributed by atoms with van der Waals surface area (Å²) in [6.07, 6.45) is 0.298. The van der Waals surface area contributed by atoms with Gasteiger partial charge in [-0.3, -0.25) is 19.2 Å². The first-order valence-corrected chi connectivity index (χ1v) is 9.30. The van der Waals surface area contributed by atoms with Crippen LogP contribution in [0.2, 0.25) is 0 Å². The van der Waals surface area contributed by atoms with Crippen LogP contribution >= 0.6 is 11.8 Å². The van der Waals surface area contributed by atoms with Crippen molar-refractivity contribution in [3.05, 3.63) is 0 Å². The van der Waals surface area contributed by atoms with Crippen molar-refractivity contribution in [2.75, 3.05) is 26.0 Å². The van der Waals surface area contributed by atoms with Crippen molar-refractivity contribution in [3.8, 4) is 0 Å². The summed E-state index contributed by atoms with van der Waals surface area (Å²) in [6.45, 7) is -0.786. The lowest BCUT2D eigenvalue weighted by molar-refractivity contribution is -0.201. The molecule has 27 heavy (non-hydrogen) atoms. The molecule has 2 saturated heterocycles. The third-order valence-corrected chi connectivity index (χ3v) is 6.46. The van der Waals surface area contributed by atoms with Gasteiger partial charge in [0.25, 0.3) is 11.6 Å². The number of nitrogens with one attached hydrogen (secondary N) is 1. The van der Waals surface area contributed by atoms with Gasteiger partial charge in [0.05, 0.1) is 6.61 Å². The number of β-lactam (4-membered cyclic amide) rings is 1. The lowest BCUT2D eigenvalue weighted by Crippen LogP contribution is -2.82. The lowest BCUT2D eigenvalue weighted by Gasteiger charge is -2.58. The number of aliphatic hydroxyl groups excluding tert-OH is 1. The van der Waals surface area contributed by atoms with Gasteiger partial charge >= 0.3 is 11.9 Å². The molecule has 12 heteroatoms. The maximum Gasteiger partial charge on any atom is 0.320 e. The predicted molar refractivity (Wildman–Crippen MR) is 92.5 cm³/mol. The minimum atomic E-state index is -1.60. The number of hydrogen-bond acceptors (Lipinski definition) is 8. The van der Waals surface area contributed by atoms with E-state index in [1.165, 1.54) is 12.0 Å². The number of carboxylic acid groups (broad SMARTS) is 2. The number of carboxylic acids is 2. The lowest BCUT2D eigenvalue weighted by atomic mass is 9.87. The molecular formula is C15H23N3O8S. The number of aliphatic hydroxyl groups is 1. The van der Waals surface area contributed by atoms with Gasteiger partial charge in [0.15, 0.2) is 0 Å². The average Bonchev–Trinajstić information content (AvgIpc) is 2.64. The Bertz CT molecular complexity index is 647. The van der Waals surface area contributed by atoms with Crippen LogP contribution in [-0.4, -0.2) is 87.1 Å². The fourth-order valence-electron chi connectivity index (χ4n) is 3.07. The molecule has 3 unspecified atom stereocenters. The molecule has 0 aromatic heterocycles. The number of amides is 2.